The number of amides is 1. The van der Waals surface area contributed by atoms with Crippen LogP contribution in [-0.2, 0) is 6.42 Å². The van der Waals surface area contributed by atoms with Crippen LogP contribution in [0.3, 0.4) is 0 Å². The SMILES string of the molecule is CCN(CC)C(=O)c1sc2ncnc(NCCc3c[nH]c4ccccc34)c2c1C. The molecule has 3 heterocycles. The Labute approximate surface area is 174 Å². The Bertz CT molecular complexity index is 1160. The van der Waals surface area contributed by atoms with Gasteiger partial charge in [-0.2, -0.15) is 0 Å². The maximum Gasteiger partial charge on any atom is 0.264 e. The molecule has 3 aromatic heterocycles. The first-order valence-electron chi connectivity index (χ1n) is 9.96. The molecule has 0 radical (unpaired) electrons. The molecule has 4 rings (SSSR count). The predicted molar refractivity (Wildman–Crippen MR) is 120 cm³/mol. The van der Waals surface area contributed by atoms with E-state index in [1.807, 2.05) is 31.7 Å². The molecule has 1 amide bonds. The van der Waals surface area contributed by atoms with E-state index in [-0.39, 0.29) is 5.91 Å². The van der Waals surface area contributed by atoms with Gasteiger partial charge in [0.25, 0.3) is 5.91 Å². The van der Waals surface area contributed by atoms with Crippen LogP contribution in [0.1, 0.15) is 34.6 Å². The van der Waals surface area contributed by atoms with Crippen LogP contribution in [0.4, 0.5) is 5.82 Å². The first kappa shape index (κ1) is 19.4. The average Bonchev–Trinajstić information content (AvgIpc) is 3.31. The molecular weight excluding hydrogens is 382 g/mol. The number of benzene rings is 1. The largest absolute Gasteiger partial charge is 0.369 e. The summed E-state index contributed by atoms with van der Waals surface area (Å²) < 4.78 is 0. The third-order valence-corrected chi connectivity index (χ3v) is 6.52. The molecule has 0 aliphatic heterocycles. The Hall–Kier alpha value is -2.93. The van der Waals surface area contributed by atoms with Gasteiger partial charge in [-0.15, -0.1) is 11.3 Å². The molecule has 0 unspecified atom stereocenters. The van der Waals surface area contributed by atoms with Gasteiger partial charge in [-0.05, 0) is 44.4 Å². The van der Waals surface area contributed by atoms with Crippen molar-refractivity contribution in [2.75, 3.05) is 25.0 Å². The summed E-state index contributed by atoms with van der Waals surface area (Å²) in [4.78, 5) is 28.5. The number of nitrogens with one attached hydrogen (secondary N) is 2. The number of hydrogen-bond donors (Lipinski definition) is 2. The Balaban J connectivity index is 1.57. The molecule has 4 aromatic rings. The molecule has 0 bridgehead atoms. The van der Waals surface area contributed by atoms with Crippen LogP contribution in [0, 0.1) is 6.92 Å². The molecule has 150 valence electrons. The fourth-order valence-corrected chi connectivity index (χ4v) is 4.83. The minimum absolute atomic E-state index is 0.0697. The minimum atomic E-state index is 0.0697. The van der Waals surface area contributed by atoms with Gasteiger partial charge in [0.1, 0.15) is 17.0 Å². The van der Waals surface area contributed by atoms with E-state index >= 15 is 0 Å². The van der Waals surface area contributed by atoms with Crippen molar-refractivity contribution < 1.29 is 4.79 Å². The first-order chi connectivity index (χ1) is 14.1. The number of rotatable bonds is 7. The van der Waals surface area contributed by atoms with Crippen molar-refractivity contribution in [3.8, 4) is 0 Å². The second-order valence-corrected chi connectivity index (χ2v) is 7.97. The highest BCUT2D eigenvalue weighted by molar-refractivity contribution is 7.20. The van der Waals surface area contributed by atoms with Gasteiger partial charge in [0.15, 0.2) is 0 Å². The molecule has 29 heavy (non-hydrogen) atoms. The lowest BCUT2D eigenvalue weighted by Crippen LogP contribution is -2.30. The molecule has 0 fully saturated rings. The Kier molecular flexibility index (Phi) is 5.49. The van der Waals surface area contributed by atoms with Crippen LogP contribution in [0.5, 0.6) is 0 Å². The maximum atomic E-state index is 12.9. The van der Waals surface area contributed by atoms with Gasteiger partial charge in [-0.3, -0.25) is 4.79 Å². The number of H-pyrrole nitrogens is 1. The van der Waals surface area contributed by atoms with Gasteiger partial charge in [-0.25, -0.2) is 9.97 Å². The Morgan fingerprint density at radius 1 is 1.21 bits per heavy atom. The fraction of sp³-hybridized carbons (Fsp3) is 0.318. The quantitative estimate of drug-likeness (QED) is 0.469. The lowest BCUT2D eigenvalue weighted by atomic mass is 10.1. The molecular formula is C22H25N5OS. The van der Waals surface area contributed by atoms with Gasteiger partial charge in [0.2, 0.25) is 0 Å². The summed E-state index contributed by atoms with van der Waals surface area (Å²) in [6, 6.07) is 8.32. The number of fused-ring (bicyclic) bond motifs is 2. The van der Waals surface area contributed by atoms with Crippen LogP contribution >= 0.6 is 11.3 Å². The van der Waals surface area contributed by atoms with Gasteiger partial charge in [0.05, 0.1) is 10.3 Å². The van der Waals surface area contributed by atoms with Crippen molar-refractivity contribution >= 4 is 44.2 Å². The van der Waals surface area contributed by atoms with E-state index in [9.17, 15) is 4.79 Å². The predicted octanol–water partition coefficient (Wildman–Crippen LogP) is 4.62. The summed E-state index contributed by atoms with van der Waals surface area (Å²) in [5.74, 6) is 0.863. The van der Waals surface area contributed by atoms with Crippen LogP contribution in [-0.4, -0.2) is 45.4 Å². The minimum Gasteiger partial charge on any atom is -0.369 e. The van der Waals surface area contributed by atoms with Crippen LogP contribution < -0.4 is 5.32 Å². The molecule has 0 spiro atoms. The molecule has 6 nitrogen and oxygen atoms in total. The number of anilines is 1. The third kappa shape index (κ3) is 3.58. The van der Waals surface area contributed by atoms with E-state index in [1.54, 1.807) is 6.33 Å². The molecule has 0 aliphatic carbocycles. The van der Waals surface area contributed by atoms with E-state index in [1.165, 1.54) is 22.3 Å². The second-order valence-electron chi connectivity index (χ2n) is 6.97. The molecule has 0 saturated heterocycles. The van der Waals surface area contributed by atoms with Crippen molar-refractivity contribution in [1.82, 2.24) is 19.9 Å². The fourth-order valence-electron chi connectivity index (χ4n) is 3.72. The zero-order chi connectivity index (χ0) is 20.4. The summed E-state index contributed by atoms with van der Waals surface area (Å²) in [5, 5.41) is 5.66. The van der Waals surface area contributed by atoms with Crippen molar-refractivity contribution in [2.24, 2.45) is 0 Å². The van der Waals surface area contributed by atoms with Crippen molar-refractivity contribution in [3.63, 3.8) is 0 Å². The highest BCUT2D eigenvalue weighted by Gasteiger charge is 2.22. The van der Waals surface area contributed by atoms with E-state index < -0.39 is 0 Å². The summed E-state index contributed by atoms with van der Waals surface area (Å²) >= 11 is 1.45. The number of aromatic nitrogens is 3. The van der Waals surface area contributed by atoms with Crippen LogP contribution in [0.25, 0.3) is 21.1 Å². The topological polar surface area (TPSA) is 73.9 Å². The van der Waals surface area contributed by atoms with Crippen molar-refractivity contribution in [1.29, 1.82) is 0 Å². The van der Waals surface area contributed by atoms with Crippen LogP contribution in [0.2, 0.25) is 0 Å². The summed E-state index contributed by atoms with van der Waals surface area (Å²) in [5.41, 5.74) is 3.38. The molecule has 1 aromatic carbocycles. The number of aryl methyl sites for hydroxylation is 1. The number of aromatic amines is 1. The standard InChI is InChI=1S/C22H25N5OS/c1-4-27(5-2)22(28)19-14(3)18-20(25-13-26-21(18)29-19)23-11-10-15-12-24-17-9-7-6-8-16(15)17/h6-9,12-13,24H,4-5,10-11H2,1-3H3,(H,23,25,26). The molecule has 0 saturated carbocycles. The normalized spacial score (nSPS) is 11.3. The maximum absolute atomic E-state index is 12.9. The molecule has 7 heteroatoms. The van der Waals surface area contributed by atoms with E-state index in [0.717, 1.165) is 45.0 Å². The number of carbonyl (C=O) groups is 1. The Morgan fingerprint density at radius 2 is 2.00 bits per heavy atom. The zero-order valence-electron chi connectivity index (χ0n) is 17.0. The van der Waals surface area contributed by atoms with Gasteiger partial charge < -0.3 is 15.2 Å². The monoisotopic (exact) mass is 407 g/mol. The summed E-state index contributed by atoms with van der Waals surface area (Å²) in [6.45, 7) is 8.14. The summed E-state index contributed by atoms with van der Waals surface area (Å²) in [6.07, 6.45) is 4.51. The van der Waals surface area contributed by atoms with E-state index in [2.05, 4.69) is 44.7 Å². The smallest absolute Gasteiger partial charge is 0.264 e. The number of hydrogen-bond acceptors (Lipinski definition) is 5. The van der Waals surface area contributed by atoms with E-state index in [0.29, 0.717) is 13.1 Å². The van der Waals surface area contributed by atoms with Crippen molar-refractivity contribution in [3.05, 3.63) is 52.8 Å². The van der Waals surface area contributed by atoms with Gasteiger partial charge in [0, 0.05) is 36.7 Å². The number of nitrogens with zero attached hydrogens (tertiary/aromatic N) is 3. The van der Waals surface area contributed by atoms with E-state index in [4.69, 9.17) is 0 Å². The van der Waals surface area contributed by atoms with Gasteiger partial charge in [-0.1, -0.05) is 18.2 Å². The number of para-hydroxylation sites is 1. The second kappa shape index (κ2) is 8.21. The lowest BCUT2D eigenvalue weighted by molar-refractivity contribution is 0.0777. The summed E-state index contributed by atoms with van der Waals surface area (Å²) in [7, 11) is 0. The molecule has 0 aliphatic rings. The lowest BCUT2D eigenvalue weighted by Gasteiger charge is -2.17. The first-order valence-corrected chi connectivity index (χ1v) is 10.8. The Morgan fingerprint density at radius 3 is 2.79 bits per heavy atom. The number of thiophene rings is 1. The van der Waals surface area contributed by atoms with Crippen molar-refractivity contribution in [2.45, 2.75) is 27.2 Å². The molecule has 2 N–H and O–H groups in total. The highest BCUT2D eigenvalue weighted by Crippen LogP contribution is 2.34. The van der Waals surface area contributed by atoms with Crippen LogP contribution in [0.15, 0.2) is 36.8 Å². The number of carbonyl (C=O) groups excluding carboxylic acids is 1. The molecule has 0 atom stereocenters. The zero-order valence-corrected chi connectivity index (χ0v) is 17.8. The average molecular weight is 408 g/mol. The van der Waals surface area contributed by atoms with Gasteiger partial charge >= 0.3 is 0 Å². The highest BCUT2D eigenvalue weighted by atomic mass is 32.1. The third-order valence-electron chi connectivity index (χ3n) is 5.33.